The van der Waals surface area contributed by atoms with Crippen molar-refractivity contribution in [1.29, 1.82) is 0 Å². The number of hydrogen-bond donors (Lipinski definition) is 0. The fourth-order valence-electron chi connectivity index (χ4n) is 21.4. The van der Waals surface area contributed by atoms with Crippen LogP contribution in [-0.2, 0) is 0 Å². The molecule has 0 N–H and O–H groups in total. The van der Waals surface area contributed by atoms with Crippen molar-refractivity contribution in [2.75, 3.05) is 0 Å². The number of aromatic nitrogens is 4. The first-order valence-corrected chi connectivity index (χ1v) is 37.1. The van der Waals surface area contributed by atoms with Gasteiger partial charge in [0.1, 0.15) is 44.7 Å². The Hall–Kier alpha value is -12.5. The summed E-state index contributed by atoms with van der Waals surface area (Å²) >= 11 is 0. The molecular formula is C96H62N4O4. The lowest BCUT2D eigenvalue weighted by Crippen LogP contribution is -2.01. The van der Waals surface area contributed by atoms with Gasteiger partial charge in [0.25, 0.3) is 0 Å². The first-order valence-electron chi connectivity index (χ1n) is 37.1. The molecule has 0 aliphatic heterocycles. The molecule has 104 heavy (non-hydrogen) atoms. The molecule has 0 aliphatic rings. The highest BCUT2D eigenvalue weighted by molar-refractivity contribution is 6.43. The minimum Gasteiger partial charge on any atom is -0.456 e. The van der Waals surface area contributed by atoms with E-state index in [9.17, 15) is 0 Å². The first-order chi connectivity index (χ1) is 51.0. The van der Waals surface area contributed by atoms with Crippen LogP contribution in [0.4, 0.5) is 0 Å². The van der Waals surface area contributed by atoms with Gasteiger partial charge in [-0.1, -0.05) is 183 Å². The lowest BCUT2D eigenvalue weighted by molar-refractivity contribution is 0.669. The van der Waals surface area contributed by atoms with Gasteiger partial charge in [-0.05, 0) is 136 Å². The third kappa shape index (κ3) is 6.04. The molecule has 8 nitrogen and oxygen atoms in total. The maximum atomic E-state index is 7.57. The Morgan fingerprint density at radius 3 is 1.12 bits per heavy atom. The van der Waals surface area contributed by atoms with Crippen molar-refractivity contribution in [2.24, 2.45) is 0 Å². The molecule has 0 aliphatic carbocycles. The second kappa shape index (κ2) is 18.2. The van der Waals surface area contributed by atoms with Crippen LogP contribution in [0.15, 0.2) is 224 Å². The van der Waals surface area contributed by atoms with E-state index in [1.807, 2.05) is 0 Å². The van der Waals surface area contributed by atoms with E-state index < -0.39 is 0 Å². The van der Waals surface area contributed by atoms with Crippen LogP contribution in [0.3, 0.4) is 0 Å². The number of hydrogen-bond acceptors (Lipinski definition) is 4. The van der Waals surface area contributed by atoms with E-state index in [4.69, 9.17) is 17.7 Å². The summed E-state index contributed by atoms with van der Waals surface area (Å²) in [6.07, 6.45) is 0. The van der Waals surface area contributed by atoms with Crippen LogP contribution in [0, 0.1) is 0 Å². The maximum absolute atomic E-state index is 7.57. The van der Waals surface area contributed by atoms with Gasteiger partial charge in [-0.2, -0.15) is 0 Å². The highest BCUT2D eigenvalue weighted by atomic mass is 16.3. The van der Waals surface area contributed by atoms with Gasteiger partial charge >= 0.3 is 0 Å². The quantitative estimate of drug-likeness (QED) is 0.172. The zero-order valence-corrected chi connectivity index (χ0v) is 58.4. The average molecular weight is 1340 g/mol. The Morgan fingerprint density at radius 1 is 0.212 bits per heavy atom. The first kappa shape index (κ1) is 55.2. The predicted octanol–water partition coefficient (Wildman–Crippen LogP) is 28.0. The van der Waals surface area contributed by atoms with E-state index in [1.165, 1.54) is 180 Å². The summed E-state index contributed by atoms with van der Waals surface area (Å²) in [7, 11) is 0. The van der Waals surface area contributed by atoms with Crippen LogP contribution in [0.25, 0.3) is 251 Å². The van der Waals surface area contributed by atoms with Gasteiger partial charge in [-0.25, -0.2) is 0 Å². The maximum Gasteiger partial charge on any atom is 0.145 e. The number of para-hydroxylation sites is 6. The topological polar surface area (TPSA) is 70.2 Å². The van der Waals surface area contributed by atoms with Crippen LogP contribution in [0.5, 0.6) is 0 Å². The normalized spacial score (nSPS) is 13.5. The SMILES string of the molecule is CC(C)c1c2c3c4oc5ccccc5c4cc4c5c(-c6ccc7c(c6)oc6cc8c9c(C(C)C)c%10c(c(C(C)C)c9n9c%11ccccc%11c(c67)c89)c6cc7oc8ccccc8c7c7c8ccccc8n%10c67)cccc5n(c2c(C(C)C)c2c5c6oc7ccccc7c6cc6c7ccccc7n(c12)c65)c43. The molecule has 0 fully saturated rings. The van der Waals surface area contributed by atoms with Crippen LogP contribution in [0.2, 0.25) is 0 Å². The summed E-state index contributed by atoms with van der Waals surface area (Å²) in [4.78, 5) is 0. The van der Waals surface area contributed by atoms with Crippen LogP contribution >= 0.6 is 0 Å². The van der Waals surface area contributed by atoms with E-state index in [1.54, 1.807) is 0 Å². The van der Waals surface area contributed by atoms with Gasteiger partial charge < -0.3 is 35.3 Å². The second-order valence-corrected chi connectivity index (χ2v) is 31.5. The molecule has 0 spiro atoms. The van der Waals surface area contributed by atoms with Gasteiger partial charge in [-0.15, -0.1) is 0 Å². The lowest BCUT2D eigenvalue weighted by atomic mass is 9.86. The third-order valence-corrected chi connectivity index (χ3v) is 25.0. The highest BCUT2D eigenvalue weighted by Gasteiger charge is 2.38. The van der Waals surface area contributed by atoms with E-state index >= 15 is 0 Å². The molecule has 14 aromatic carbocycles. The molecule has 26 aromatic rings. The summed E-state index contributed by atoms with van der Waals surface area (Å²) in [5.74, 6) is 0.527. The number of rotatable bonds is 5. The monoisotopic (exact) mass is 1330 g/mol. The number of fused-ring (bicyclic) bond motifs is 40. The molecule has 12 aromatic heterocycles. The molecule has 8 heteroatoms. The Kier molecular flexibility index (Phi) is 9.66. The van der Waals surface area contributed by atoms with Crippen molar-refractivity contribution >= 4 is 240 Å². The minimum atomic E-state index is 0.0963. The zero-order chi connectivity index (χ0) is 68.4. The van der Waals surface area contributed by atoms with E-state index in [-0.39, 0.29) is 23.7 Å². The molecule has 0 saturated carbocycles. The fraction of sp³-hybridized carbons (Fsp3) is 0.125. The van der Waals surface area contributed by atoms with Gasteiger partial charge in [-0.3, -0.25) is 0 Å². The Bertz CT molecular complexity index is 8490. The van der Waals surface area contributed by atoms with E-state index in [0.717, 1.165) is 93.5 Å². The molecule has 490 valence electrons. The standard InChI is InChI=1S/C96H62N4O4/c1-43(2)72-81-60-41-70-77(54-27-14-20-35-68(54)101-70)79-52-25-10-16-30-63(52)98(88(60)79)91(81)73(44(3)4)82-61-42-71-78(80-53-26-11-17-31-64(53)99(89(61)80)92(72)82)55-37-36-47(38-69(55)102-71)48-28-21-32-65-76(48)59-40-58-51-24-13-19-34-67(51)104-96(58)86-84-74(45(5)6)93-83(75(46(7)8)94(84)100(65)90(59)86)85-87-56(49-22-9-15-29-62(49)97(87)93)39-57-50-23-12-18-33-66(50)103-95(57)85/h9-46H,1-8H3. The van der Waals surface area contributed by atoms with Crippen molar-refractivity contribution in [2.45, 2.75) is 79.1 Å². The molecule has 0 saturated heterocycles. The highest BCUT2D eigenvalue weighted by Crippen LogP contribution is 2.59. The molecule has 0 amide bonds. The predicted molar refractivity (Wildman–Crippen MR) is 436 cm³/mol. The largest absolute Gasteiger partial charge is 0.456 e. The van der Waals surface area contributed by atoms with Crippen LogP contribution < -0.4 is 0 Å². The summed E-state index contributed by atoms with van der Waals surface area (Å²) in [5.41, 5.74) is 29.7. The summed E-state index contributed by atoms with van der Waals surface area (Å²) in [6, 6.07) is 76.7. The summed E-state index contributed by atoms with van der Waals surface area (Å²) in [5, 5.41) is 29.0. The molecule has 12 heterocycles. The van der Waals surface area contributed by atoms with Crippen molar-refractivity contribution in [3.05, 3.63) is 229 Å². The number of nitrogens with zero attached hydrogens (tertiary/aromatic N) is 4. The zero-order valence-electron chi connectivity index (χ0n) is 58.4. The van der Waals surface area contributed by atoms with E-state index in [0.29, 0.717) is 0 Å². The minimum absolute atomic E-state index is 0.0963. The molecule has 0 atom stereocenters. The molecule has 26 rings (SSSR count). The van der Waals surface area contributed by atoms with Crippen molar-refractivity contribution in [1.82, 2.24) is 17.6 Å². The van der Waals surface area contributed by atoms with Gasteiger partial charge in [0.15, 0.2) is 0 Å². The smallest absolute Gasteiger partial charge is 0.145 e. The van der Waals surface area contributed by atoms with Gasteiger partial charge in [0.2, 0.25) is 0 Å². The van der Waals surface area contributed by atoms with Crippen molar-refractivity contribution < 1.29 is 17.7 Å². The molecule has 0 unspecified atom stereocenters. The number of benzene rings is 14. The fourth-order valence-corrected chi connectivity index (χ4v) is 21.4. The van der Waals surface area contributed by atoms with Crippen LogP contribution in [-0.4, -0.2) is 17.6 Å². The summed E-state index contributed by atoms with van der Waals surface area (Å²) in [6.45, 7) is 19.2. The Morgan fingerprint density at radius 2 is 0.587 bits per heavy atom. The van der Waals surface area contributed by atoms with Gasteiger partial charge in [0, 0.05) is 118 Å². The van der Waals surface area contributed by atoms with Gasteiger partial charge in [0.05, 0.1) is 77.0 Å². The molecule has 0 bridgehead atoms. The number of furan rings is 4. The van der Waals surface area contributed by atoms with Crippen molar-refractivity contribution in [3.8, 4) is 11.1 Å². The third-order valence-electron chi connectivity index (χ3n) is 25.0. The molecular weight excluding hydrogens is 1270 g/mol. The van der Waals surface area contributed by atoms with Crippen LogP contribution in [0.1, 0.15) is 101 Å². The average Bonchev–Trinajstić information content (AvgIpc) is 1.49. The lowest BCUT2D eigenvalue weighted by Gasteiger charge is -2.19. The second-order valence-electron chi connectivity index (χ2n) is 31.5. The molecule has 0 radical (unpaired) electrons. The Balaban J connectivity index is 0.783. The Labute approximate surface area is 590 Å². The van der Waals surface area contributed by atoms with E-state index in [2.05, 4.69) is 279 Å². The van der Waals surface area contributed by atoms with Crippen molar-refractivity contribution in [3.63, 3.8) is 0 Å². The summed E-state index contributed by atoms with van der Waals surface area (Å²) < 4.78 is 39.6.